The summed E-state index contributed by atoms with van der Waals surface area (Å²) in [5.74, 6) is -3.98. The van der Waals surface area contributed by atoms with E-state index in [2.05, 4.69) is 5.32 Å². The van der Waals surface area contributed by atoms with Crippen LogP contribution in [0.15, 0.2) is 12.1 Å². The number of aromatic carboxylic acids is 1. The second-order valence-electron chi connectivity index (χ2n) is 7.38. The van der Waals surface area contributed by atoms with Crippen molar-refractivity contribution in [3.05, 3.63) is 23.3 Å². The van der Waals surface area contributed by atoms with Gasteiger partial charge in [-0.25, -0.2) is 0 Å². The third-order valence-corrected chi connectivity index (χ3v) is 5.31. The van der Waals surface area contributed by atoms with Crippen LogP contribution < -0.4 is 10.1 Å². The molecule has 0 unspecified atom stereocenters. The van der Waals surface area contributed by atoms with E-state index in [0.717, 1.165) is 0 Å². The van der Waals surface area contributed by atoms with Crippen molar-refractivity contribution in [1.29, 1.82) is 0 Å². The Hall–Kier alpha value is -2.63. The van der Waals surface area contributed by atoms with Gasteiger partial charge in [0.2, 0.25) is 0 Å². The van der Waals surface area contributed by atoms with Crippen molar-refractivity contribution in [2.45, 2.75) is 37.5 Å². The zero-order valence-electron chi connectivity index (χ0n) is 15.8. The van der Waals surface area contributed by atoms with Crippen molar-refractivity contribution in [3.8, 4) is 11.5 Å². The number of rotatable bonds is 7. The van der Waals surface area contributed by atoms with E-state index in [9.17, 15) is 37.7 Å². The number of aromatic hydroxyl groups is 1. The van der Waals surface area contributed by atoms with Crippen molar-refractivity contribution in [2.75, 3.05) is 19.6 Å². The molecule has 2 aliphatic rings. The Morgan fingerprint density at radius 3 is 2.57 bits per heavy atom. The van der Waals surface area contributed by atoms with Crippen molar-refractivity contribution < 1.29 is 42.4 Å². The van der Waals surface area contributed by atoms with E-state index in [1.807, 2.05) is 0 Å². The molecule has 0 radical (unpaired) electrons. The number of phenols is 1. The van der Waals surface area contributed by atoms with Crippen LogP contribution >= 0.6 is 0 Å². The monoisotopic (exact) mass is 428 g/mol. The fourth-order valence-electron chi connectivity index (χ4n) is 3.60. The molecule has 0 aromatic heterocycles. The van der Waals surface area contributed by atoms with Gasteiger partial charge in [-0.1, -0.05) is 0 Å². The molecule has 2 heterocycles. The molecular weight excluding hydrogens is 408 g/mol. The number of aryl methyl sites for hydroxylation is 1. The van der Waals surface area contributed by atoms with Gasteiger partial charge in [-0.15, -0.1) is 0 Å². The first kappa shape index (κ1) is 22.1. The third kappa shape index (κ3) is 4.58. The molecule has 0 spiro atoms. The van der Waals surface area contributed by atoms with E-state index >= 15 is 0 Å². The number of benzene rings is 1. The van der Waals surface area contributed by atoms with Crippen molar-refractivity contribution in [2.24, 2.45) is 5.92 Å². The predicted molar refractivity (Wildman–Crippen MR) is 97.0 cm³/mol. The number of carboxylic acid groups (broad SMARTS) is 1. The first-order valence-corrected chi connectivity index (χ1v) is 9.39. The van der Waals surface area contributed by atoms with Gasteiger partial charge in [-0.3, -0.25) is 0 Å². The summed E-state index contributed by atoms with van der Waals surface area (Å²) in [5, 5.41) is 22.2. The first-order chi connectivity index (χ1) is 14.1. The van der Waals surface area contributed by atoms with E-state index in [-0.39, 0.29) is 44.5 Å². The summed E-state index contributed by atoms with van der Waals surface area (Å²) in [6, 6.07) is 1.93. The zero-order chi connectivity index (χ0) is 22.1. The Labute approximate surface area is 170 Å². The van der Waals surface area contributed by atoms with Crippen LogP contribution in [0.2, 0.25) is 6.32 Å². The molecule has 1 aromatic carbocycles. The molecule has 30 heavy (non-hydrogen) atoms. The summed E-state index contributed by atoms with van der Waals surface area (Å²) in [7, 11) is 0.653. The van der Waals surface area contributed by atoms with E-state index < -0.39 is 47.4 Å². The second kappa shape index (κ2) is 8.62. The van der Waals surface area contributed by atoms with Crippen LogP contribution in [0.25, 0.3) is 0 Å². The molecule has 1 amide bonds. The molecule has 0 saturated carbocycles. The van der Waals surface area contributed by atoms with Crippen molar-refractivity contribution >= 4 is 19.0 Å². The molecule has 3 rings (SSSR count). The molecule has 2 aliphatic heterocycles. The van der Waals surface area contributed by atoms with Crippen LogP contribution in [-0.4, -0.2) is 72.1 Å². The number of likely N-dealkylation sites (tertiary alicyclic amines) is 1. The molecule has 8 nitrogen and oxygen atoms in total. The molecular formula is C18H20BF3N2O6. The SMILES string of the molecule is O=BCCc1ccc(OC2CN(C(=O)[C@H]3C[C@@H](C(F)(F)F)CN3)C2)c(C(=O)O)c1O. The number of alkyl halides is 3. The van der Waals surface area contributed by atoms with Gasteiger partial charge in [0.1, 0.15) is 0 Å². The van der Waals surface area contributed by atoms with Crippen molar-refractivity contribution in [1.82, 2.24) is 10.2 Å². The number of carboxylic acids is 1. The van der Waals surface area contributed by atoms with Crippen LogP contribution in [0.4, 0.5) is 13.2 Å². The zero-order valence-corrected chi connectivity index (χ0v) is 15.8. The number of nitrogens with one attached hydrogen (secondary N) is 1. The number of hydrogen-bond acceptors (Lipinski definition) is 6. The molecule has 0 bridgehead atoms. The number of hydrogen-bond donors (Lipinski definition) is 3. The Morgan fingerprint density at radius 2 is 2.00 bits per heavy atom. The second-order valence-corrected chi connectivity index (χ2v) is 7.38. The van der Waals surface area contributed by atoms with Gasteiger partial charge in [-0.05, 0) is 6.42 Å². The summed E-state index contributed by atoms with van der Waals surface area (Å²) in [6.07, 6.45) is -4.92. The minimum absolute atomic E-state index is 0.0805. The van der Waals surface area contributed by atoms with Crippen molar-refractivity contribution in [3.63, 3.8) is 0 Å². The number of ether oxygens (including phenoxy) is 1. The van der Waals surface area contributed by atoms with Gasteiger partial charge >= 0.3 is 132 Å². The predicted octanol–water partition coefficient (Wildman–Crippen LogP) is 1.23. The van der Waals surface area contributed by atoms with Crippen LogP contribution in [-0.2, 0) is 15.9 Å². The average Bonchev–Trinajstić information content (AvgIpc) is 3.13. The summed E-state index contributed by atoms with van der Waals surface area (Å²) in [5.41, 5.74) is -0.141. The standard InChI is InChI=1S/C18H20BF3N2O6/c20-18(21,22)10-5-12(23-6-10)16(26)24-7-11(8-24)30-13-2-1-9(3-4-19-29)15(25)14(13)17(27)28/h1-2,10-12,23,25H,3-8H2,(H,27,28)/t10-,12-/m1/s1. The van der Waals surface area contributed by atoms with Crippen LogP contribution in [0.3, 0.4) is 0 Å². The van der Waals surface area contributed by atoms with Gasteiger partial charge in [0.05, 0.1) is 5.92 Å². The molecule has 3 N–H and O–H groups in total. The van der Waals surface area contributed by atoms with Gasteiger partial charge in [-0.2, -0.15) is 13.2 Å². The fraction of sp³-hybridized carbons (Fsp3) is 0.556. The Bertz CT molecular complexity index is 844. The van der Waals surface area contributed by atoms with E-state index in [1.54, 1.807) is 0 Å². The summed E-state index contributed by atoms with van der Waals surface area (Å²) < 4.78 is 54.4. The maximum absolute atomic E-state index is 12.8. The molecule has 2 atom stereocenters. The first-order valence-electron chi connectivity index (χ1n) is 9.39. The van der Waals surface area contributed by atoms with Gasteiger partial charge in [0, 0.05) is 6.54 Å². The Kier molecular flexibility index (Phi) is 6.34. The van der Waals surface area contributed by atoms with Gasteiger partial charge in [0.25, 0.3) is 0 Å². The van der Waals surface area contributed by atoms with Crippen LogP contribution in [0.1, 0.15) is 22.3 Å². The molecule has 12 heteroatoms. The Morgan fingerprint density at radius 1 is 1.30 bits per heavy atom. The number of nitrogens with zero attached hydrogens (tertiary/aromatic N) is 1. The summed E-state index contributed by atoms with van der Waals surface area (Å²) in [4.78, 5) is 25.2. The maximum atomic E-state index is 12.8. The minimum atomic E-state index is -4.35. The topological polar surface area (TPSA) is 116 Å². The third-order valence-electron chi connectivity index (χ3n) is 5.31. The van der Waals surface area contributed by atoms with Crippen LogP contribution in [0.5, 0.6) is 11.5 Å². The molecule has 162 valence electrons. The number of halogens is 3. The summed E-state index contributed by atoms with van der Waals surface area (Å²) in [6.45, 7) is -0.105. The quantitative estimate of drug-likeness (QED) is 0.560. The Balaban J connectivity index is 1.59. The number of carbonyl (C=O) groups is 2. The fourth-order valence-corrected chi connectivity index (χ4v) is 3.60. The van der Waals surface area contributed by atoms with E-state index in [0.29, 0.717) is 12.7 Å². The van der Waals surface area contributed by atoms with E-state index in [4.69, 9.17) is 4.74 Å². The number of carbonyl (C=O) groups excluding carboxylic acids is 1. The van der Waals surface area contributed by atoms with Gasteiger partial charge in [0.15, 0.2) is 0 Å². The van der Waals surface area contributed by atoms with E-state index in [1.165, 1.54) is 17.0 Å². The molecule has 1 aromatic rings. The molecule has 0 aliphatic carbocycles. The van der Waals surface area contributed by atoms with Crippen LogP contribution in [0, 0.1) is 5.92 Å². The number of amides is 1. The molecule has 2 saturated heterocycles. The van der Waals surface area contributed by atoms with Gasteiger partial charge < -0.3 is 5.32 Å². The molecule has 2 fully saturated rings. The summed E-state index contributed by atoms with van der Waals surface area (Å²) >= 11 is 0. The average molecular weight is 428 g/mol. The normalized spacial score (nSPS) is 21.8.